The zero-order valence-corrected chi connectivity index (χ0v) is 8.39. The van der Waals surface area contributed by atoms with Gasteiger partial charge in [0.15, 0.2) is 5.69 Å². The SMILES string of the molecule is COC(=O)c1cc2n(n1)CC(C)OC2=O. The lowest BCUT2D eigenvalue weighted by molar-refractivity contribution is 0.0194. The molecule has 1 aliphatic heterocycles. The first kappa shape index (κ1) is 9.70. The van der Waals surface area contributed by atoms with Gasteiger partial charge >= 0.3 is 11.9 Å². The number of esters is 2. The molecule has 0 radical (unpaired) electrons. The summed E-state index contributed by atoms with van der Waals surface area (Å²) in [5.41, 5.74) is 0.409. The number of hydrogen-bond donors (Lipinski definition) is 0. The van der Waals surface area contributed by atoms with Gasteiger partial charge in [-0.1, -0.05) is 0 Å². The van der Waals surface area contributed by atoms with Crippen LogP contribution in [0.4, 0.5) is 0 Å². The van der Waals surface area contributed by atoms with Crippen molar-refractivity contribution in [2.24, 2.45) is 0 Å². The Kier molecular flexibility index (Phi) is 2.18. The van der Waals surface area contributed by atoms with E-state index in [1.807, 2.05) is 0 Å². The highest BCUT2D eigenvalue weighted by atomic mass is 16.5. The molecule has 0 N–H and O–H groups in total. The maximum atomic E-state index is 11.4. The molecule has 0 saturated heterocycles. The molecule has 1 aromatic rings. The fourth-order valence-electron chi connectivity index (χ4n) is 1.45. The first-order valence-corrected chi connectivity index (χ1v) is 4.49. The van der Waals surface area contributed by atoms with E-state index in [-0.39, 0.29) is 17.5 Å². The maximum Gasteiger partial charge on any atom is 0.358 e. The fraction of sp³-hybridized carbons (Fsp3) is 0.444. The molecule has 1 atom stereocenters. The van der Waals surface area contributed by atoms with Crippen molar-refractivity contribution < 1.29 is 19.1 Å². The van der Waals surface area contributed by atoms with Crippen molar-refractivity contribution in [2.75, 3.05) is 7.11 Å². The molecule has 15 heavy (non-hydrogen) atoms. The molecular formula is C9H10N2O4. The third kappa shape index (κ3) is 1.58. The first-order valence-electron chi connectivity index (χ1n) is 4.49. The van der Waals surface area contributed by atoms with Crippen LogP contribution in [-0.4, -0.2) is 34.9 Å². The summed E-state index contributed by atoms with van der Waals surface area (Å²) < 4.78 is 11.0. The van der Waals surface area contributed by atoms with Crippen LogP contribution in [0.15, 0.2) is 6.07 Å². The Hall–Kier alpha value is -1.85. The molecule has 0 aliphatic carbocycles. The average Bonchev–Trinajstić information content (AvgIpc) is 2.60. The van der Waals surface area contributed by atoms with E-state index in [1.165, 1.54) is 17.9 Å². The van der Waals surface area contributed by atoms with Gasteiger partial charge in [-0.25, -0.2) is 9.59 Å². The predicted octanol–water partition coefficient (Wildman–Crippen LogP) is 0.229. The molecule has 2 rings (SSSR count). The van der Waals surface area contributed by atoms with E-state index in [4.69, 9.17) is 4.74 Å². The number of aromatic nitrogens is 2. The zero-order valence-electron chi connectivity index (χ0n) is 8.39. The van der Waals surface area contributed by atoms with Crippen molar-refractivity contribution in [3.8, 4) is 0 Å². The summed E-state index contributed by atoms with van der Waals surface area (Å²) in [7, 11) is 1.27. The van der Waals surface area contributed by atoms with Crippen LogP contribution >= 0.6 is 0 Å². The lowest BCUT2D eigenvalue weighted by Crippen LogP contribution is -2.30. The van der Waals surface area contributed by atoms with Crippen LogP contribution in [0.2, 0.25) is 0 Å². The van der Waals surface area contributed by atoms with Gasteiger partial charge in [0.1, 0.15) is 11.8 Å². The second kappa shape index (κ2) is 3.38. The molecule has 1 unspecified atom stereocenters. The Morgan fingerprint density at radius 2 is 2.47 bits per heavy atom. The molecule has 6 nitrogen and oxygen atoms in total. The molecule has 0 bridgehead atoms. The number of cyclic esters (lactones) is 1. The number of fused-ring (bicyclic) bond motifs is 1. The van der Waals surface area contributed by atoms with E-state index < -0.39 is 11.9 Å². The molecule has 0 aromatic carbocycles. The Balaban J connectivity index is 2.39. The van der Waals surface area contributed by atoms with Gasteiger partial charge in [-0.3, -0.25) is 4.68 Å². The van der Waals surface area contributed by atoms with Crippen LogP contribution in [0.5, 0.6) is 0 Å². The van der Waals surface area contributed by atoms with Crippen LogP contribution in [0, 0.1) is 0 Å². The van der Waals surface area contributed by atoms with Crippen molar-refractivity contribution in [3.63, 3.8) is 0 Å². The smallest absolute Gasteiger partial charge is 0.358 e. The van der Waals surface area contributed by atoms with Crippen molar-refractivity contribution in [3.05, 3.63) is 17.5 Å². The van der Waals surface area contributed by atoms with Crippen molar-refractivity contribution in [1.29, 1.82) is 0 Å². The van der Waals surface area contributed by atoms with Gasteiger partial charge in [0.2, 0.25) is 0 Å². The zero-order chi connectivity index (χ0) is 11.0. The molecule has 0 saturated carbocycles. The normalized spacial score (nSPS) is 19.3. The van der Waals surface area contributed by atoms with E-state index in [0.717, 1.165) is 0 Å². The van der Waals surface area contributed by atoms with Gasteiger partial charge in [0, 0.05) is 6.07 Å². The molecule has 1 aromatic heterocycles. The van der Waals surface area contributed by atoms with E-state index in [2.05, 4.69) is 9.84 Å². The highest BCUT2D eigenvalue weighted by Gasteiger charge is 2.27. The third-order valence-electron chi connectivity index (χ3n) is 2.12. The van der Waals surface area contributed by atoms with Gasteiger partial charge in [-0.05, 0) is 6.92 Å². The molecule has 6 heteroatoms. The number of methoxy groups -OCH3 is 1. The molecular weight excluding hydrogens is 200 g/mol. The van der Waals surface area contributed by atoms with Crippen molar-refractivity contribution in [1.82, 2.24) is 9.78 Å². The summed E-state index contributed by atoms with van der Waals surface area (Å²) in [6.45, 7) is 2.22. The number of rotatable bonds is 1. The van der Waals surface area contributed by atoms with Gasteiger partial charge in [0.25, 0.3) is 0 Å². The standard InChI is InChI=1S/C9H10N2O4/c1-5-4-11-7(9(13)15-5)3-6(10-11)8(12)14-2/h3,5H,4H2,1-2H3. The highest BCUT2D eigenvalue weighted by Crippen LogP contribution is 2.15. The first-order chi connectivity index (χ1) is 7.11. The highest BCUT2D eigenvalue weighted by molar-refractivity contribution is 5.93. The minimum absolute atomic E-state index is 0.124. The van der Waals surface area contributed by atoms with Crippen LogP contribution in [0.3, 0.4) is 0 Å². The quantitative estimate of drug-likeness (QED) is 0.620. The monoisotopic (exact) mass is 210 g/mol. The van der Waals surface area contributed by atoms with Crippen molar-refractivity contribution in [2.45, 2.75) is 19.6 Å². The minimum atomic E-state index is -0.558. The van der Waals surface area contributed by atoms with Crippen LogP contribution in [-0.2, 0) is 16.0 Å². The second-order valence-corrected chi connectivity index (χ2v) is 3.30. The summed E-state index contributed by atoms with van der Waals surface area (Å²) >= 11 is 0. The molecule has 2 heterocycles. The maximum absolute atomic E-state index is 11.4. The van der Waals surface area contributed by atoms with Gasteiger partial charge in [-0.15, -0.1) is 0 Å². The van der Waals surface area contributed by atoms with Crippen LogP contribution in [0.1, 0.15) is 27.9 Å². The second-order valence-electron chi connectivity index (χ2n) is 3.30. The summed E-state index contributed by atoms with van der Waals surface area (Å²) in [6.07, 6.45) is -0.226. The molecule has 0 amide bonds. The van der Waals surface area contributed by atoms with Gasteiger partial charge in [0.05, 0.1) is 13.7 Å². The summed E-state index contributed by atoms with van der Waals surface area (Å²) in [6, 6.07) is 1.38. The van der Waals surface area contributed by atoms with Gasteiger partial charge < -0.3 is 9.47 Å². The largest absolute Gasteiger partial charge is 0.464 e. The Bertz CT molecular complexity index is 424. The van der Waals surface area contributed by atoms with Crippen LogP contribution in [0.25, 0.3) is 0 Å². The van der Waals surface area contributed by atoms with Crippen molar-refractivity contribution >= 4 is 11.9 Å². The van der Waals surface area contributed by atoms with E-state index in [9.17, 15) is 9.59 Å². The minimum Gasteiger partial charge on any atom is -0.464 e. The van der Waals surface area contributed by atoms with Crippen LogP contribution < -0.4 is 0 Å². The van der Waals surface area contributed by atoms with E-state index >= 15 is 0 Å². The number of carbonyl (C=O) groups is 2. The molecule has 0 spiro atoms. The number of ether oxygens (including phenoxy) is 2. The molecule has 0 fully saturated rings. The molecule has 80 valence electrons. The average molecular weight is 210 g/mol. The number of nitrogens with zero attached hydrogens (tertiary/aromatic N) is 2. The number of carbonyl (C=O) groups excluding carboxylic acids is 2. The number of hydrogen-bond acceptors (Lipinski definition) is 5. The summed E-state index contributed by atoms with van der Waals surface area (Å²) in [5.74, 6) is -1.02. The Morgan fingerprint density at radius 1 is 1.73 bits per heavy atom. The van der Waals surface area contributed by atoms with E-state index in [0.29, 0.717) is 6.54 Å². The van der Waals surface area contributed by atoms with Gasteiger partial charge in [-0.2, -0.15) is 5.10 Å². The third-order valence-corrected chi connectivity index (χ3v) is 2.12. The summed E-state index contributed by atoms with van der Waals surface area (Å²) in [5, 5.41) is 3.96. The fourth-order valence-corrected chi connectivity index (χ4v) is 1.45. The lowest BCUT2D eigenvalue weighted by Gasteiger charge is -2.19. The van der Waals surface area contributed by atoms with E-state index in [1.54, 1.807) is 6.92 Å². The Morgan fingerprint density at radius 3 is 3.13 bits per heavy atom. The summed E-state index contributed by atoms with van der Waals surface area (Å²) in [4.78, 5) is 22.6. The predicted molar refractivity (Wildman–Crippen MR) is 48.4 cm³/mol. The Labute approximate surface area is 85.8 Å². The topological polar surface area (TPSA) is 70.4 Å². The lowest BCUT2D eigenvalue weighted by atomic mass is 10.3. The molecule has 1 aliphatic rings.